The molecular weight excluding hydrogens is 433 g/mol. The predicted octanol–water partition coefficient (Wildman–Crippen LogP) is 3.79. The van der Waals surface area contributed by atoms with E-state index >= 15 is 0 Å². The van der Waals surface area contributed by atoms with Crippen LogP contribution in [0.1, 0.15) is 54.7 Å². The molecule has 8 heteroatoms. The highest BCUT2D eigenvalue weighted by molar-refractivity contribution is 5.90. The van der Waals surface area contributed by atoms with Gasteiger partial charge in [0.05, 0.1) is 11.0 Å². The van der Waals surface area contributed by atoms with Crippen LogP contribution in [0.4, 0.5) is 4.39 Å². The number of imidazole rings is 1. The number of hydrogen-bond acceptors (Lipinski definition) is 4. The number of hydrogen-bond donors (Lipinski definition) is 2. The molecule has 7 nitrogen and oxygen atoms in total. The SMILES string of the molecule is CCC[C@H](Cc1nc2cc(F)cc(C)c2[nH]1)C(=O)N[C@@H]1C(=O)N2CCCN2Cc2ccccc21. The van der Waals surface area contributed by atoms with Crippen LogP contribution in [0.3, 0.4) is 0 Å². The first-order valence-electron chi connectivity index (χ1n) is 12.0. The number of H-pyrrole nitrogens is 1. The molecule has 0 bridgehead atoms. The standard InChI is InChI=1S/C26H30FN5O2/c1-3-7-17(13-22-28-21-14-19(27)12-16(2)23(21)29-22)25(33)30-24-20-9-5-4-8-18(20)15-31-10-6-11-32(31)26(24)34/h4-5,8-9,12,14,17,24H,3,6-7,10-11,13,15H2,1-2H3,(H,28,29)(H,30,33)/t17-,24+/m1/s1. The molecule has 1 fully saturated rings. The highest BCUT2D eigenvalue weighted by atomic mass is 19.1. The first-order chi connectivity index (χ1) is 16.4. The lowest BCUT2D eigenvalue weighted by Crippen LogP contribution is -2.46. The van der Waals surface area contributed by atoms with Crippen molar-refractivity contribution in [3.05, 3.63) is 64.7 Å². The molecule has 2 aliphatic heterocycles. The summed E-state index contributed by atoms with van der Waals surface area (Å²) in [6.07, 6.45) is 2.81. The molecule has 0 radical (unpaired) electrons. The van der Waals surface area contributed by atoms with Gasteiger partial charge in [-0.05, 0) is 42.5 Å². The highest BCUT2D eigenvalue weighted by Crippen LogP contribution is 2.30. The van der Waals surface area contributed by atoms with Crippen LogP contribution in [0.2, 0.25) is 0 Å². The van der Waals surface area contributed by atoms with Crippen LogP contribution in [0.25, 0.3) is 11.0 Å². The van der Waals surface area contributed by atoms with E-state index < -0.39 is 6.04 Å². The number of nitrogens with zero attached hydrogens (tertiary/aromatic N) is 3. The van der Waals surface area contributed by atoms with Gasteiger partial charge in [-0.2, -0.15) is 0 Å². The number of aryl methyl sites for hydroxylation is 1. The lowest BCUT2D eigenvalue weighted by atomic mass is 9.95. The molecule has 2 N–H and O–H groups in total. The van der Waals surface area contributed by atoms with E-state index in [4.69, 9.17) is 0 Å². The number of fused-ring (bicyclic) bond motifs is 3. The average Bonchev–Trinajstić information content (AvgIpc) is 3.41. The Morgan fingerprint density at radius 3 is 2.94 bits per heavy atom. The second kappa shape index (κ2) is 9.18. The molecule has 0 unspecified atom stereocenters. The second-order valence-electron chi connectivity index (χ2n) is 9.33. The van der Waals surface area contributed by atoms with E-state index in [0.29, 0.717) is 37.3 Å². The zero-order valence-corrected chi connectivity index (χ0v) is 19.6. The summed E-state index contributed by atoms with van der Waals surface area (Å²) in [5, 5.41) is 6.94. The maximum atomic E-state index is 13.8. The molecule has 2 aromatic carbocycles. The summed E-state index contributed by atoms with van der Waals surface area (Å²) in [6.45, 7) is 6.05. The minimum absolute atomic E-state index is 0.0825. The molecule has 5 rings (SSSR count). The van der Waals surface area contributed by atoms with Gasteiger partial charge in [-0.1, -0.05) is 37.6 Å². The third kappa shape index (κ3) is 4.18. The number of amides is 2. The highest BCUT2D eigenvalue weighted by Gasteiger charge is 2.38. The van der Waals surface area contributed by atoms with Gasteiger partial charge in [0.2, 0.25) is 5.91 Å². The number of benzene rings is 2. The van der Waals surface area contributed by atoms with E-state index in [-0.39, 0.29) is 23.5 Å². The summed E-state index contributed by atoms with van der Waals surface area (Å²) in [4.78, 5) is 34.8. The van der Waals surface area contributed by atoms with Crippen molar-refractivity contribution in [3.63, 3.8) is 0 Å². The molecule has 2 aliphatic rings. The van der Waals surface area contributed by atoms with Gasteiger partial charge in [-0.15, -0.1) is 0 Å². The Labute approximate surface area is 198 Å². The molecule has 1 saturated heterocycles. The third-order valence-electron chi connectivity index (χ3n) is 6.89. The van der Waals surface area contributed by atoms with E-state index in [9.17, 15) is 14.0 Å². The Hall–Kier alpha value is -3.26. The third-order valence-corrected chi connectivity index (χ3v) is 6.89. The molecule has 3 aromatic rings. The number of aromatic amines is 1. The minimum Gasteiger partial charge on any atom is -0.342 e. The van der Waals surface area contributed by atoms with Gasteiger partial charge in [0.15, 0.2) is 0 Å². The van der Waals surface area contributed by atoms with Gasteiger partial charge >= 0.3 is 0 Å². The summed E-state index contributed by atoms with van der Waals surface area (Å²) >= 11 is 0. The number of halogens is 1. The number of carbonyl (C=O) groups is 2. The Morgan fingerprint density at radius 2 is 2.12 bits per heavy atom. The van der Waals surface area contributed by atoms with Gasteiger partial charge in [-0.3, -0.25) is 14.6 Å². The van der Waals surface area contributed by atoms with Crippen LogP contribution in [-0.2, 0) is 22.6 Å². The topological polar surface area (TPSA) is 81.3 Å². The number of rotatable bonds is 6. The Balaban J connectivity index is 1.40. The van der Waals surface area contributed by atoms with Crippen LogP contribution < -0.4 is 5.32 Å². The van der Waals surface area contributed by atoms with Crippen LogP contribution in [0.15, 0.2) is 36.4 Å². The number of nitrogens with one attached hydrogen (secondary N) is 2. The fraction of sp³-hybridized carbons (Fsp3) is 0.423. The summed E-state index contributed by atoms with van der Waals surface area (Å²) in [6, 6.07) is 10.0. The van der Waals surface area contributed by atoms with Crippen molar-refractivity contribution in [1.82, 2.24) is 25.3 Å². The molecule has 2 atom stereocenters. The molecule has 34 heavy (non-hydrogen) atoms. The molecular formula is C26H30FN5O2. The molecule has 0 spiro atoms. The van der Waals surface area contributed by atoms with Gasteiger partial charge in [0.1, 0.15) is 17.7 Å². The van der Waals surface area contributed by atoms with Crippen LogP contribution >= 0.6 is 0 Å². The van der Waals surface area contributed by atoms with Crippen molar-refractivity contribution in [3.8, 4) is 0 Å². The summed E-state index contributed by atoms with van der Waals surface area (Å²) in [5.74, 6) is -0.275. The maximum Gasteiger partial charge on any atom is 0.264 e. The van der Waals surface area contributed by atoms with E-state index in [1.807, 2.05) is 38.1 Å². The second-order valence-corrected chi connectivity index (χ2v) is 9.33. The number of carbonyl (C=O) groups excluding carboxylic acids is 2. The molecule has 2 amide bonds. The monoisotopic (exact) mass is 463 g/mol. The van der Waals surface area contributed by atoms with Gasteiger partial charge < -0.3 is 10.3 Å². The fourth-order valence-corrected chi connectivity index (χ4v) is 5.22. The lowest BCUT2D eigenvalue weighted by molar-refractivity contribution is -0.148. The van der Waals surface area contributed by atoms with E-state index in [1.165, 1.54) is 12.1 Å². The summed E-state index contributed by atoms with van der Waals surface area (Å²) in [5.41, 5.74) is 4.05. The fourth-order valence-electron chi connectivity index (χ4n) is 5.22. The Morgan fingerprint density at radius 1 is 1.29 bits per heavy atom. The molecule has 1 aromatic heterocycles. The van der Waals surface area contributed by atoms with Crippen molar-refractivity contribution in [2.75, 3.05) is 13.1 Å². The molecule has 0 saturated carbocycles. The van der Waals surface area contributed by atoms with Crippen molar-refractivity contribution in [2.24, 2.45) is 5.92 Å². The predicted molar refractivity (Wildman–Crippen MR) is 127 cm³/mol. The Kier molecular flexibility index (Phi) is 6.08. The smallest absolute Gasteiger partial charge is 0.264 e. The first kappa shape index (κ1) is 22.5. The van der Waals surface area contributed by atoms with Crippen LogP contribution in [0, 0.1) is 18.7 Å². The van der Waals surface area contributed by atoms with Crippen molar-refractivity contribution in [2.45, 2.75) is 52.1 Å². The number of hydrazine groups is 1. The van der Waals surface area contributed by atoms with E-state index in [2.05, 4.69) is 20.3 Å². The average molecular weight is 464 g/mol. The van der Waals surface area contributed by atoms with Crippen molar-refractivity contribution in [1.29, 1.82) is 0 Å². The van der Waals surface area contributed by atoms with Gasteiger partial charge in [0.25, 0.3) is 5.91 Å². The van der Waals surface area contributed by atoms with Crippen LogP contribution in [0.5, 0.6) is 0 Å². The number of aromatic nitrogens is 2. The van der Waals surface area contributed by atoms with E-state index in [1.54, 1.807) is 5.01 Å². The maximum absolute atomic E-state index is 13.8. The van der Waals surface area contributed by atoms with E-state index in [0.717, 1.165) is 41.6 Å². The summed E-state index contributed by atoms with van der Waals surface area (Å²) in [7, 11) is 0. The largest absolute Gasteiger partial charge is 0.342 e. The zero-order valence-electron chi connectivity index (χ0n) is 19.6. The molecule has 3 heterocycles. The lowest BCUT2D eigenvalue weighted by Gasteiger charge is -2.28. The zero-order chi connectivity index (χ0) is 23.8. The van der Waals surface area contributed by atoms with Crippen LogP contribution in [-0.4, -0.2) is 44.9 Å². The molecule has 0 aliphatic carbocycles. The summed E-state index contributed by atoms with van der Waals surface area (Å²) < 4.78 is 13.8. The van der Waals surface area contributed by atoms with Crippen molar-refractivity contribution < 1.29 is 14.0 Å². The first-order valence-corrected chi connectivity index (χ1v) is 12.0. The normalized spacial score (nSPS) is 19.1. The van der Waals surface area contributed by atoms with Gasteiger partial charge in [0, 0.05) is 38.0 Å². The van der Waals surface area contributed by atoms with Gasteiger partial charge in [-0.25, -0.2) is 14.4 Å². The minimum atomic E-state index is -0.710. The van der Waals surface area contributed by atoms with Crippen molar-refractivity contribution >= 4 is 22.8 Å². The molecule has 178 valence electrons. The quantitative estimate of drug-likeness (QED) is 0.583. The Bertz CT molecular complexity index is 1240.